The predicted octanol–water partition coefficient (Wildman–Crippen LogP) is 3.43. The maximum absolute atomic E-state index is 12.3. The molecular weight excluding hydrogens is 360 g/mol. The molecule has 7 heteroatoms. The molecule has 2 rings (SSSR count). The van der Waals surface area contributed by atoms with Crippen LogP contribution in [0.1, 0.15) is 24.2 Å². The number of hydrogen-bond acceptors (Lipinski definition) is 5. The van der Waals surface area contributed by atoms with E-state index in [1.165, 1.54) is 34.1 Å². The van der Waals surface area contributed by atoms with Crippen LogP contribution in [0.2, 0.25) is 0 Å². The third-order valence-corrected chi connectivity index (χ3v) is 3.87. The Kier molecular flexibility index (Phi) is 6.92. The first-order valence-electron chi connectivity index (χ1n) is 8.47. The van der Waals surface area contributed by atoms with Gasteiger partial charge in [0.1, 0.15) is 11.5 Å². The molecule has 0 aliphatic heterocycles. The number of Topliss-reactive ketones (excluding diaryl/α,β-unsaturated/α-hetero) is 1. The molecule has 7 nitrogen and oxygen atoms in total. The molecule has 2 N–H and O–H groups in total. The monoisotopic (exact) mass is 382 g/mol. The van der Waals surface area contributed by atoms with Crippen LogP contribution in [0.5, 0.6) is 11.5 Å². The van der Waals surface area contributed by atoms with Crippen LogP contribution in [-0.2, 0) is 9.59 Å². The van der Waals surface area contributed by atoms with E-state index in [4.69, 9.17) is 9.47 Å². The summed E-state index contributed by atoms with van der Waals surface area (Å²) >= 11 is 0. The molecule has 0 aromatic heterocycles. The van der Waals surface area contributed by atoms with E-state index < -0.39 is 11.8 Å². The van der Waals surface area contributed by atoms with Gasteiger partial charge >= 0.3 is 0 Å². The van der Waals surface area contributed by atoms with Crippen molar-refractivity contribution in [3.63, 3.8) is 0 Å². The van der Waals surface area contributed by atoms with Crippen molar-refractivity contribution in [2.45, 2.75) is 13.8 Å². The summed E-state index contributed by atoms with van der Waals surface area (Å²) in [6.07, 6.45) is 1.20. The molecule has 2 amide bonds. The maximum atomic E-state index is 12.3. The fraction of sp³-hybridized carbons (Fsp3) is 0.190. The lowest BCUT2D eigenvalue weighted by Gasteiger charge is -2.10. The highest BCUT2D eigenvalue weighted by molar-refractivity contribution is 6.10. The zero-order valence-electron chi connectivity index (χ0n) is 16.2. The first kappa shape index (κ1) is 20.7. The van der Waals surface area contributed by atoms with Gasteiger partial charge < -0.3 is 20.1 Å². The summed E-state index contributed by atoms with van der Waals surface area (Å²) in [4.78, 5) is 35.7. The van der Waals surface area contributed by atoms with Gasteiger partial charge in [-0.25, -0.2) is 0 Å². The zero-order valence-corrected chi connectivity index (χ0v) is 16.2. The summed E-state index contributed by atoms with van der Waals surface area (Å²) in [6, 6.07) is 11.5. The summed E-state index contributed by atoms with van der Waals surface area (Å²) in [5, 5.41) is 5.34. The molecule has 0 aliphatic carbocycles. The Balaban J connectivity index is 2.04. The molecule has 0 saturated carbocycles. The van der Waals surface area contributed by atoms with Crippen LogP contribution in [0.4, 0.5) is 11.4 Å². The average molecular weight is 382 g/mol. The number of hydrogen-bond donors (Lipinski definition) is 2. The number of rotatable bonds is 7. The summed E-state index contributed by atoms with van der Waals surface area (Å²) in [5.74, 6) is 0.120. The Labute approximate surface area is 163 Å². The van der Waals surface area contributed by atoms with E-state index in [9.17, 15) is 14.4 Å². The van der Waals surface area contributed by atoms with Gasteiger partial charge in [-0.2, -0.15) is 0 Å². The molecule has 0 radical (unpaired) electrons. The fourth-order valence-electron chi connectivity index (χ4n) is 2.34. The fourth-order valence-corrected chi connectivity index (χ4v) is 2.34. The summed E-state index contributed by atoms with van der Waals surface area (Å²) in [7, 11) is 3.03. The van der Waals surface area contributed by atoms with Crippen LogP contribution in [0.25, 0.3) is 0 Å². The standard InChI is InChI=1S/C21H22N2O5/c1-13(9-20(25)22-16-7-5-15(6-8-16)14(2)24)21(26)23-17-10-18(27-3)12-19(11-17)28-4/h5-12H,1-4H3,(H,22,25)(H,23,26)/b13-9+. The van der Waals surface area contributed by atoms with Crippen molar-refractivity contribution in [2.75, 3.05) is 24.9 Å². The number of nitrogens with one attached hydrogen (secondary N) is 2. The second-order valence-electron chi connectivity index (χ2n) is 6.01. The highest BCUT2D eigenvalue weighted by Crippen LogP contribution is 2.26. The molecule has 0 atom stereocenters. The SMILES string of the molecule is COc1cc(NC(=O)/C(C)=C/C(=O)Nc2ccc(C(C)=O)cc2)cc(OC)c1. The zero-order chi connectivity index (χ0) is 20.7. The van der Waals surface area contributed by atoms with Crippen molar-refractivity contribution >= 4 is 29.0 Å². The van der Waals surface area contributed by atoms with Crippen LogP contribution >= 0.6 is 0 Å². The lowest BCUT2D eigenvalue weighted by Crippen LogP contribution is -2.16. The van der Waals surface area contributed by atoms with Crippen molar-refractivity contribution in [3.05, 3.63) is 59.7 Å². The van der Waals surface area contributed by atoms with Crippen molar-refractivity contribution in [1.29, 1.82) is 0 Å². The number of methoxy groups -OCH3 is 2. The van der Waals surface area contributed by atoms with Crippen LogP contribution in [0, 0.1) is 0 Å². The molecule has 2 aromatic rings. The molecule has 0 bridgehead atoms. The summed E-state index contributed by atoms with van der Waals surface area (Å²) in [6.45, 7) is 3.00. The highest BCUT2D eigenvalue weighted by atomic mass is 16.5. The largest absolute Gasteiger partial charge is 0.497 e. The van der Waals surface area contributed by atoms with Gasteiger partial charge in [-0.05, 0) is 38.1 Å². The number of ketones is 1. The minimum absolute atomic E-state index is 0.0561. The van der Waals surface area contributed by atoms with Crippen LogP contribution in [0.15, 0.2) is 54.1 Å². The molecular formula is C21H22N2O5. The van der Waals surface area contributed by atoms with Gasteiger partial charge in [-0.1, -0.05) is 0 Å². The number of anilines is 2. The van der Waals surface area contributed by atoms with E-state index in [1.54, 1.807) is 42.5 Å². The molecule has 0 saturated heterocycles. The van der Waals surface area contributed by atoms with Gasteiger partial charge in [0.05, 0.1) is 14.2 Å². The maximum Gasteiger partial charge on any atom is 0.251 e. The van der Waals surface area contributed by atoms with Crippen molar-refractivity contribution in [2.24, 2.45) is 0 Å². The van der Waals surface area contributed by atoms with Gasteiger partial charge in [-0.3, -0.25) is 14.4 Å². The normalized spacial score (nSPS) is 10.8. The summed E-state index contributed by atoms with van der Waals surface area (Å²) in [5.41, 5.74) is 1.78. The highest BCUT2D eigenvalue weighted by Gasteiger charge is 2.10. The Morgan fingerprint density at radius 2 is 1.39 bits per heavy atom. The number of benzene rings is 2. The third kappa shape index (κ3) is 5.70. The topological polar surface area (TPSA) is 93.7 Å². The number of ether oxygens (including phenoxy) is 2. The van der Waals surface area contributed by atoms with Crippen molar-refractivity contribution in [1.82, 2.24) is 0 Å². The lowest BCUT2D eigenvalue weighted by molar-refractivity contribution is -0.114. The molecule has 28 heavy (non-hydrogen) atoms. The second-order valence-corrected chi connectivity index (χ2v) is 6.01. The van der Waals surface area contributed by atoms with E-state index in [0.29, 0.717) is 28.4 Å². The number of carbonyl (C=O) groups excluding carboxylic acids is 3. The average Bonchev–Trinajstić information content (AvgIpc) is 2.67. The van der Waals surface area contributed by atoms with E-state index in [0.717, 1.165) is 0 Å². The Hall–Kier alpha value is -3.61. The molecule has 2 aromatic carbocycles. The van der Waals surface area contributed by atoms with Crippen LogP contribution in [0.3, 0.4) is 0 Å². The van der Waals surface area contributed by atoms with E-state index in [1.807, 2.05) is 0 Å². The lowest BCUT2D eigenvalue weighted by atomic mass is 10.1. The van der Waals surface area contributed by atoms with Gasteiger partial charge in [0.25, 0.3) is 5.91 Å². The van der Waals surface area contributed by atoms with Gasteiger partial charge in [0, 0.05) is 46.8 Å². The van der Waals surface area contributed by atoms with Gasteiger partial charge in [0.2, 0.25) is 5.91 Å². The van der Waals surface area contributed by atoms with Crippen molar-refractivity contribution in [3.8, 4) is 11.5 Å². The predicted molar refractivity (Wildman–Crippen MR) is 107 cm³/mol. The summed E-state index contributed by atoms with van der Waals surface area (Å²) < 4.78 is 10.3. The van der Waals surface area contributed by atoms with Gasteiger partial charge in [-0.15, -0.1) is 0 Å². The van der Waals surface area contributed by atoms with E-state index in [-0.39, 0.29) is 11.4 Å². The molecule has 0 unspecified atom stereocenters. The molecule has 0 fully saturated rings. The minimum atomic E-state index is -0.452. The third-order valence-electron chi connectivity index (χ3n) is 3.87. The first-order chi connectivity index (χ1) is 13.3. The van der Waals surface area contributed by atoms with Crippen molar-refractivity contribution < 1.29 is 23.9 Å². The van der Waals surface area contributed by atoms with Crippen LogP contribution < -0.4 is 20.1 Å². The Morgan fingerprint density at radius 1 is 0.821 bits per heavy atom. The molecule has 0 heterocycles. The number of carbonyl (C=O) groups is 3. The van der Waals surface area contributed by atoms with E-state index >= 15 is 0 Å². The van der Waals surface area contributed by atoms with E-state index in [2.05, 4.69) is 10.6 Å². The Morgan fingerprint density at radius 3 is 1.89 bits per heavy atom. The molecule has 0 spiro atoms. The minimum Gasteiger partial charge on any atom is -0.497 e. The molecule has 0 aliphatic rings. The first-order valence-corrected chi connectivity index (χ1v) is 8.47. The second kappa shape index (κ2) is 9.36. The molecule has 146 valence electrons. The van der Waals surface area contributed by atoms with Gasteiger partial charge in [0.15, 0.2) is 5.78 Å². The van der Waals surface area contributed by atoms with Crippen LogP contribution in [-0.4, -0.2) is 31.8 Å². The quantitative estimate of drug-likeness (QED) is 0.565. The smallest absolute Gasteiger partial charge is 0.251 e. The number of amides is 2. The Bertz CT molecular complexity index is 895.